The standard InChI is InChI=1S/C13H12ClNO3S/c1-8-4-9(2-3-10(8)14)11-6-19-7-12(16)15(11)5-13(17)18/h2-4,6H,5,7H2,1H3,(H,17,18). The lowest BCUT2D eigenvalue weighted by atomic mass is 10.1. The zero-order valence-corrected chi connectivity index (χ0v) is 11.8. The summed E-state index contributed by atoms with van der Waals surface area (Å²) in [6.45, 7) is 1.54. The highest BCUT2D eigenvalue weighted by molar-refractivity contribution is 8.03. The summed E-state index contributed by atoms with van der Waals surface area (Å²) in [5.74, 6) is -0.960. The Labute approximate surface area is 120 Å². The molecule has 1 aromatic carbocycles. The van der Waals surface area contributed by atoms with Gasteiger partial charge in [-0.3, -0.25) is 14.5 Å². The Morgan fingerprint density at radius 1 is 1.53 bits per heavy atom. The molecule has 1 aliphatic heterocycles. The van der Waals surface area contributed by atoms with Crippen LogP contribution >= 0.6 is 23.4 Å². The number of halogens is 1. The lowest BCUT2D eigenvalue weighted by Crippen LogP contribution is -2.37. The molecule has 100 valence electrons. The number of hydrogen-bond acceptors (Lipinski definition) is 3. The predicted octanol–water partition coefficient (Wildman–Crippen LogP) is 2.61. The van der Waals surface area contributed by atoms with E-state index in [9.17, 15) is 9.59 Å². The van der Waals surface area contributed by atoms with Crippen molar-refractivity contribution in [2.75, 3.05) is 12.3 Å². The third-order valence-corrected chi connectivity index (χ3v) is 3.97. The van der Waals surface area contributed by atoms with Gasteiger partial charge in [0.05, 0.1) is 11.4 Å². The lowest BCUT2D eigenvalue weighted by Gasteiger charge is -2.27. The summed E-state index contributed by atoms with van der Waals surface area (Å²) in [6, 6.07) is 5.38. The van der Waals surface area contributed by atoms with Crippen molar-refractivity contribution in [1.82, 2.24) is 4.90 Å². The summed E-state index contributed by atoms with van der Waals surface area (Å²) < 4.78 is 0. The van der Waals surface area contributed by atoms with Crippen LogP contribution < -0.4 is 0 Å². The van der Waals surface area contributed by atoms with Crippen LogP contribution in [0.15, 0.2) is 23.6 Å². The van der Waals surface area contributed by atoms with Crippen LogP contribution in [0, 0.1) is 6.92 Å². The second-order valence-electron chi connectivity index (χ2n) is 4.15. The number of aliphatic carboxylic acids is 1. The van der Waals surface area contributed by atoms with Gasteiger partial charge in [-0.05, 0) is 35.6 Å². The maximum Gasteiger partial charge on any atom is 0.323 e. The number of thioether (sulfide) groups is 1. The van der Waals surface area contributed by atoms with Gasteiger partial charge in [-0.15, -0.1) is 11.8 Å². The van der Waals surface area contributed by atoms with E-state index in [0.29, 0.717) is 10.7 Å². The molecule has 19 heavy (non-hydrogen) atoms. The Morgan fingerprint density at radius 2 is 2.26 bits per heavy atom. The van der Waals surface area contributed by atoms with E-state index in [-0.39, 0.29) is 18.2 Å². The molecule has 1 N–H and O–H groups in total. The molecular formula is C13H12ClNO3S. The van der Waals surface area contributed by atoms with Crippen LogP contribution in [0.2, 0.25) is 5.02 Å². The van der Waals surface area contributed by atoms with Crippen LogP contribution in [0.25, 0.3) is 5.70 Å². The quantitative estimate of drug-likeness (QED) is 0.932. The van der Waals surface area contributed by atoms with Crippen molar-refractivity contribution < 1.29 is 14.7 Å². The smallest absolute Gasteiger partial charge is 0.323 e. The molecule has 1 amide bonds. The predicted molar refractivity (Wildman–Crippen MR) is 76.0 cm³/mol. The van der Waals surface area contributed by atoms with Crippen molar-refractivity contribution >= 4 is 40.9 Å². The van der Waals surface area contributed by atoms with Crippen molar-refractivity contribution in [3.05, 3.63) is 39.8 Å². The monoisotopic (exact) mass is 297 g/mol. The summed E-state index contributed by atoms with van der Waals surface area (Å²) >= 11 is 7.34. The Bertz CT molecular complexity index is 571. The Balaban J connectivity index is 2.39. The first-order valence-electron chi connectivity index (χ1n) is 5.59. The highest BCUT2D eigenvalue weighted by Crippen LogP contribution is 2.30. The number of carboxylic acids is 1. The average Bonchev–Trinajstić information content (AvgIpc) is 2.35. The molecule has 0 aliphatic carbocycles. The van der Waals surface area contributed by atoms with Gasteiger partial charge in [-0.2, -0.15) is 0 Å². The van der Waals surface area contributed by atoms with E-state index in [0.717, 1.165) is 11.1 Å². The van der Waals surface area contributed by atoms with Crippen molar-refractivity contribution in [3.63, 3.8) is 0 Å². The summed E-state index contributed by atoms with van der Waals surface area (Å²) in [5, 5.41) is 11.4. The summed E-state index contributed by atoms with van der Waals surface area (Å²) in [5.41, 5.74) is 2.30. The van der Waals surface area contributed by atoms with Gasteiger partial charge in [-0.1, -0.05) is 17.7 Å². The Hall–Kier alpha value is -1.46. The molecule has 0 saturated carbocycles. The molecule has 0 fully saturated rings. The molecule has 1 heterocycles. The van der Waals surface area contributed by atoms with E-state index in [4.69, 9.17) is 16.7 Å². The number of benzene rings is 1. The first kappa shape index (κ1) is 14.0. The van der Waals surface area contributed by atoms with Gasteiger partial charge < -0.3 is 5.11 Å². The van der Waals surface area contributed by atoms with E-state index < -0.39 is 5.97 Å². The largest absolute Gasteiger partial charge is 0.480 e. The van der Waals surface area contributed by atoms with Gasteiger partial charge in [0.2, 0.25) is 5.91 Å². The number of hydrogen-bond donors (Lipinski definition) is 1. The first-order chi connectivity index (χ1) is 8.99. The van der Waals surface area contributed by atoms with Crippen LogP contribution in [0.3, 0.4) is 0 Å². The van der Waals surface area contributed by atoms with Crippen LogP contribution in [-0.4, -0.2) is 34.2 Å². The van der Waals surface area contributed by atoms with Crippen LogP contribution in [0.4, 0.5) is 0 Å². The molecule has 1 aliphatic rings. The van der Waals surface area contributed by atoms with Gasteiger partial charge in [-0.25, -0.2) is 0 Å². The molecule has 0 saturated heterocycles. The number of carbonyl (C=O) groups excluding carboxylic acids is 1. The van der Waals surface area contributed by atoms with Gasteiger partial charge in [0.1, 0.15) is 6.54 Å². The minimum atomic E-state index is -1.03. The van der Waals surface area contributed by atoms with E-state index in [2.05, 4.69) is 0 Å². The van der Waals surface area contributed by atoms with Crippen molar-refractivity contribution in [3.8, 4) is 0 Å². The Kier molecular flexibility index (Phi) is 4.17. The van der Waals surface area contributed by atoms with Crippen molar-refractivity contribution in [2.45, 2.75) is 6.92 Å². The minimum absolute atomic E-state index is 0.197. The maximum absolute atomic E-state index is 11.8. The normalized spacial score (nSPS) is 15.4. The zero-order chi connectivity index (χ0) is 14.0. The van der Waals surface area contributed by atoms with Gasteiger partial charge in [0.25, 0.3) is 0 Å². The number of rotatable bonds is 3. The molecule has 2 rings (SSSR count). The highest BCUT2D eigenvalue weighted by atomic mass is 35.5. The van der Waals surface area contributed by atoms with Crippen molar-refractivity contribution in [2.24, 2.45) is 0 Å². The molecule has 6 heteroatoms. The number of amides is 1. The fraction of sp³-hybridized carbons (Fsp3) is 0.231. The molecule has 0 spiro atoms. The van der Waals surface area contributed by atoms with Crippen LogP contribution in [0.5, 0.6) is 0 Å². The molecule has 0 radical (unpaired) electrons. The van der Waals surface area contributed by atoms with Gasteiger partial charge >= 0.3 is 5.97 Å². The molecule has 0 atom stereocenters. The number of carbonyl (C=O) groups is 2. The fourth-order valence-corrected chi connectivity index (χ4v) is 2.72. The summed E-state index contributed by atoms with van der Waals surface area (Å²) in [6.07, 6.45) is 0. The second kappa shape index (κ2) is 5.67. The molecule has 4 nitrogen and oxygen atoms in total. The zero-order valence-electron chi connectivity index (χ0n) is 10.2. The van der Waals surface area contributed by atoms with Crippen molar-refractivity contribution in [1.29, 1.82) is 0 Å². The lowest BCUT2D eigenvalue weighted by molar-refractivity contribution is -0.141. The van der Waals surface area contributed by atoms with E-state index in [1.54, 1.807) is 12.1 Å². The number of nitrogens with zero attached hydrogens (tertiary/aromatic N) is 1. The molecular weight excluding hydrogens is 286 g/mol. The summed E-state index contributed by atoms with van der Waals surface area (Å²) in [7, 11) is 0. The van der Waals surface area contributed by atoms with E-state index in [1.165, 1.54) is 16.7 Å². The number of carboxylic acid groups (broad SMARTS) is 1. The maximum atomic E-state index is 11.8. The molecule has 0 bridgehead atoms. The fourth-order valence-electron chi connectivity index (χ4n) is 1.80. The average molecular weight is 298 g/mol. The molecule has 0 aromatic heterocycles. The molecule has 0 unspecified atom stereocenters. The minimum Gasteiger partial charge on any atom is -0.480 e. The number of aryl methyl sites for hydroxylation is 1. The van der Waals surface area contributed by atoms with E-state index in [1.807, 2.05) is 18.4 Å². The van der Waals surface area contributed by atoms with Crippen LogP contribution in [-0.2, 0) is 9.59 Å². The third kappa shape index (κ3) is 3.11. The van der Waals surface area contributed by atoms with E-state index >= 15 is 0 Å². The Morgan fingerprint density at radius 3 is 2.89 bits per heavy atom. The van der Waals surface area contributed by atoms with Gasteiger partial charge in [0.15, 0.2) is 0 Å². The topological polar surface area (TPSA) is 57.6 Å². The third-order valence-electron chi connectivity index (χ3n) is 2.74. The van der Waals surface area contributed by atoms with Gasteiger partial charge in [0, 0.05) is 5.02 Å². The summed E-state index contributed by atoms with van der Waals surface area (Å²) in [4.78, 5) is 24.0. The second-order valence-corrected chi connectivity index (χ2v) is 5.42. The first-order valence-corrected chi connectivity index (χ1v) is 7.02. The SMILES string of the molecule is Cc1cc(C2=CSCC(=O)N2CC(=O)O)ccc1Cl. The highest BCUT2D eigenvalue weighted by Gasteiger charge is 2.25. The molecule has 1 aromatic rings. The van der Waals surface area contributed by atoms with Crippen LogP contribution in [0.1, 0.15) is 11.1 Å².